The molecular formula is C43H63NO. The minimum Gasteiger partial charge on any atom is -0.487 e. The lowest BCUT2D eigenvalue weighted by Gasteiger charge is -2.38. The van der Waals surface area contributed by atoms with Crippen molar-refractivity contribution in [2.24, 2.45) is 17.8 Å². The van der Waals surface area contributed by atoms with Crippen LogP contribution < -0.4 is 4.74 Å². The molecule has 0 amide bonds. The van der Waals surface area contributed by atoms with Gasteiger partial charge in [-0.05, 0) is 92.0 Å². The van der Waals surface area contributed by atoms with Gasteiger partial charge in [0.2, 0.25) is 0 Å². The Morgan fingerprint density at radius 2 is 1.24 bits per heavy atom. The maximum absolute atomic E-state index is 6.87. The smallest absolute Gasteiger partial charge is 0.126 e. The quantitative estimate of drug-likeness (QED) is 0.142. The molecule has 1 heterocycles. The molecule has 0 unspecified atom stereocenters. The maximum atomic E-state index is 6.87. The molecule has 1 aliphatic heterocycles. The fourth-order valence-corrected chi connectivity index (χ4v) is 7.30. The van der Waals surface area contributed by atoms with Crippen molar-refractivity contribution in [2.45, 2.75) is 144 Å². The molecule has 246 valence electrons. The average molecular weight is 610 g/mol. The van der Waals surface area contributed by atoms with E-state index in [9.17, 15) is 0 Å². The Bertz CT molecular complexity index is 1230. The summed E-state index contributed by atoms with van der Waals surface area (Å²) < 4.78 is 6.87. The maximum Gasteiger partial charge on any atom is 0.126 e. The zero-order valence-corrected chi connectivity index (χ0v) is 29.8. The van der Waals surface area contributed by atoms with Crippen molar-refractivity contribution in [3.05, 3.63) is 101 Å². The molecule has 3 aromatic carbocycles. The topological polar surface area (TPSA) is 12.5 Å². The number of hydrogen-bond donors (Lipinski definition) is 0. The van der Waals surface area contributed by atoms with Gasteiger partial charge >= 0.3 is 0 Å². The second kappa shape index (κ2) is 17.4. The van der Waals surface area contributed by atoms with Crippen molar-refractivity contribution in [1.82, 2.24) is 4.90 Å². The van der Waals surface area contributed by atoms with E-state index < -0.39 is 0 Å². The van der Waals surface area contributed by atoms with Gasteiger partial charge in [-0.25, -0.2) is 0 Å². The number of hydrogen-bond acceptors (Lipinski definition) is 2. The van der Waals surface area contributed by atoms with Crippen LogP contribution in [0.3, 0.4) is 0 Å². The first-order valence-electron chi connectivity index (χ1n) is 18.3. The SMILES string of the molecule is Cc1cc([C@@H](C)N(Cc2ccccc2)Cc2ccccc2)cc2c1O[C@](C)(CCC[C@H](C)CCC[C@H](C)CCCC(C)C)CC2. The van der Waals surface area contributed by atoms with E-state index in [0.717, 1.165) is 55.9 Å². The molecule has 0 saturated heterocycles. The minimum absolute atomic E-state index is 0.0534. The summed E-state index contributed by atoms with van der Waals surface area (Å²) in [6, 6.07) is 26.9. The number of benzene rings is 3. The molecule has 45 heavy (non-hydrogen) atoms. The van der Waals surface area contributed by atoms with Crippen LogP contribution in [-0.2, 0) is 19.5 Å². The van der Waals surface area contributed by atoms with Gasteiger partial charge in [-0.3, -0.25) is 4.90 Å². The van der Waals surface area contributed by atoms with Crippen LogP contribution in [0.4, 0.5) is 0 Å². The van der Waals surface area contributed by atoms with E-state index >= 15 is 0 Å². The lowest BCUT2D eigenvalue weighted by molar-refractivity contribution is 0.0514. The van der Waals surface area contributed by atoms with Gasteiger partial charge in [0.1, 0.15) is 11.4 Å². The van der Waals surface area contributed by atoms with E-state index in [-0.39, 0.29) is 5.60 Å². The molecule has 4 rings (SSSR count). The van der Waals surface area contributed by atoms with E-state index in [4.69, 9.17) is 4.74 Å². The Labute approximate surface area is 277 Å². The molecule has 0 aromatic heterocycles. The number of rotatable bonds is 18. The zero-order valence-electron chi connectivity index (χ0n) is 29.8. The van der Waals surface area contributed by atoms with E-state index in [1.807, 2.05) is 0 Å². The first kappa shape index (κ1) is 35.3. The molecule has 0 saturated carbocycles. The number of ether oxygens (including phenoxy) is 1. The van der Waals surface area contributed by atoms with Gasteiger partial charge in [0.05, 0.1) is 0 Å². The highest BCUT2D eigenvalue weighted by molar-refractivity contribution is 5.47. The summed E-state index contributed by atoms with van der Waals surface area (Å²) in [6.07, 6.45) is 14.3. The first-order chi connectivity index (χ1) is 21.6. The molecule has 1 aliphatic rings. The molecule has 3 aromatic rings. The van der Waals surface area contributed by atoms with Crippen LogP contribution in [0, 0.1) is 24.7 Å². The summed E-state index contributed by atoms with van der Waals surface area (Å²) >= 11 is 0. The fraction of sp³-hybridized carbons (Fsp3) is 0.581. The van der Waals surface area contributed by atoms with Crippen molar-refractivity contribution in [3.8, 4) is 5.75 Å². The van der Waals surface area contributed by atoms with Crippen LogP contribution in [0.1, 0.15) is 140 Å². The highest BCUT2D eigenvalue weighted by Gasteiger charge is 2.33. The van der Waals surface area contributed by atoms with Gasteiger partial charge in [0.25, 0.3) is 0 Å². The molecule has 0 N–H and O–H groups in total. The first-order valence-corrected chi connectivity index (χ1v) is 18.3. The molecule has 0 radical (unpaired) electrons. The Balaban J connectivity index is 1.31. The van der Waals surface area contributed by atoms with Crippen molar-refractivity contribution in [1.29, 1.82) is 0 Å². The largest absolute Gasteiger partial charge is 0.487 e. The van der Waals surface area contributed by atoms with Crippen LogP contribution in [0.25, 0.3) is 0 Å². The summed E-state index contributed by atoms with van der Waals surface area (Å²) in [5.41, 5.74) is 6.74. The summed E-state index contributed by atoms with van der Waals surface area (Å²) in [5, 5.41) is 0. The molecule has 0 spiro atoms. The average Bonchev–Trinajstić information content (AvgIpc) is 3.01. The third-order valence-electron chi connectivity index (χ3n) is 10.4. The Kier molecular flexibility index (Phi) is 13.6. The zero-order chi connectivity index (χ0) is 32.2. The van der Waals surface area contributed by atoms with Crippen molar-refractivity contribution in [2.75, 3.05) is 0 Å². The molecule has 2 heteroatoms. The molecule has 0 fully saturated rings. The Morgan fingerprint density at radius 1 is 0.711 bits per heavy atom. The van der Waals surface area contributed by atoms with Crippen LogP contribution in [-0.4, -0.2) is 10.5 Å². The van der Waals surface area contributed by atoms with Gasteiger partial charge in [-0.1, -0.05) is 145 Å². The third kappa shape index (κ3) is 11.3. The van der Waals surface area contributed by atoms with Crippen LogP contribution >= 0.6 is 0 Å². The Morgan fingerprint density at radius 3 is 1.80 bits per heavy atom. The second-order valence-corrected chi connectivity index (χ2v) is 15.3. The van der Waals surface area contributed by atoms with Crippen molar-refractivity contribution < 1.29 is 4.74 Å². The second-order valence-electron chi connectivity index (χ2n) is 15.3. The van der Waals surface area contributed by atoms with E-state index in [1.54, 1.807) is 0 Å². The van der Waals surface area contributed by atoms with Gasteiger partial charge in [0, 0.05) is 19.1 Å². The minimum atomic E-state index is -0.0534. The number of nitrogens with zero attached hydrogens (tertiary/aromatic N) is 1. The summed E-state index contributed by atoms with van der Waals surface area (Å²) in [7, 11) is 0. The van der Waals surface area contributed by atoms with Gasteiger partial charge in [-0.2, -0.15) is 0 Å². The molecule has 0 bridgehead atoms. The number of fused-ring (bicyclic) bond motifs is 1. The van der Waals surface area contributed by atoms with Crippen LogP contribution in [0.15, 0.2) is 72.8 Å². The highest BCUT2D eigenvalue weighted by Crippen LogP contribution is 2.41. The van der Waals surface area contributed by atoms with Crippen molar-refractivity contribution >= 4 is 0 Å². The van der Waals surface area contributed by atoms with Crippen LogP contribution in [0.5, 0.6) is 5.75 Å². The van der Waals surface area contributed by atoms with Gasteiger partial charge < -0.3 is 4.74 Å². The highest BCUT2D eigenvalue weighted by atomic mass is 16.5. The molecule has 4 atom stereocenters. The van der Waals surface area contributed by atoms with Gasteiger partial charge in [0.15, 0.2) is 0 Å². The summed E-state index contributed by atoms with van der Waals surface area (Å²) in [4.78, 5) is 2.61. The number of aryl methyl sites for hydroxylation is 2. The van der Waals surface area contributed by atoms with E-state index in [1.165, 1.54) is 79.2 Å². The van der Waals surface area contributed by atoms with Crippen LogP contribution in [0.2, 0.25) is 0 Å². The normalized spacial score (nSPS) is 18.4. The van der Waals surface area contributed by atoms with Gasteiger partial charge in [-0.15, -0.1) is 0 Å². The predicted molar refractivity (Wildman–Crippen MR) is 194 cm³/mol. The van der Waals surface area contributed by atoms with E-state index in [0.29, 0.717) is 6.04 Å². The monoisotopic (exact) mass is 609 g/mol. The summed E-state index contributed by atoms with van der Waals surface area (Å²) in [5.74, 6) is 3.69. The standard InChI is InChI=1S/C43H63NO/c1-33(2)17-14-18-34(3)19-15-20-35(4)21-16-27-43(7)28-26-40-30-41(29-36(5)42(40)45-43)37(6)44(31-38-22-10-8-11-23-38)32-39-24-12-9-13-25-39/h8-13,22-25,29-30,33-35,37H,14-21,26-28,31-32H2,1-7H3/t34-,35-,37-,43-/m1/s1. The summed E-state index contributed by atoms with van der Waals surface area (Å²) in [6.45, 7) is 18.5. The molecule has 0 aliphatic carbocycles. The molecule has 2 nitrogen and oxygen atoms in total. The Hall–Kier alpha value is -2.58. The van der Waals surface area contributed by atoms with E-state index in [2.05, 4.69) is 126 Å². The van der Waals surface area contributed by atoms with Crippen molar-refractivity contribution in [3.63, 3.8) is 0 Å². The third-order valence-corrected chi connectivity index (χ3v) is 10.4. The lowest BCUT2D eigenvalue weighted by Crippen LogP contribution is -2.37. The fourth-order valence-electron chi connectivity index (χ4n) is 7.30. The lowest BCUT2D eigenvalue weighted by atomic mass is 9.85. The predicted octanol–water partition coefficient (Wildman–Crippen LogP) is 12.3. The molecular weight excluding hydrogens is 546 g/mol.